The van der Waals surface area contributed by atoms with Crippen LogP contribution in [0.15, 0.2) is 0 Å². The number of aliphatic hydroxyl groups is 1. The molecule has 1 heterocycles. The molecule has 0 bridgehead atoms. The fourth-order valence-electron chi connectivity index (χ4n) is 2.95. The Morgan fingerprint density at radius 3 is 2.58 bits per heavy atom. The van der Waals surface area contributed by atoms with E-state index >= 15 is 0 Å². The maximum absolute atomic E-state index is 12.3. The van der Waals surface area contributed by atoms with E-state index in [9.17, 15) is 14.7 Å². The van der Waals surface area contributed by atoms with Crippen molar-refractivity contribution >= 4 is 12.0 Å². The molecule has 1 atom stereocenters. The van der Waals surface area contributed by atoms with Crippen LogP contribution in [-0.2, 0) is 4.79 Å². The Morgan fingerprint density at radius 1 is 1.32 bits per heavy atom. The van der Waals surface area contributed by atoms with Gasteiger partial charge in [-0.25, -0.2) is 9.59 Å². The Kier molecular flexibility index (Phi) is 4.29. The van der Waals surface area contributed by atoms with Gasteiger partial charge in [0, 0.05) is 20.1 Å². The molecule has 19 heavy (non-hydrogen) atoms. The zero-order chi connectivity index (χ0) is 14.0. The van der Waals surface area contributed by atoms with Crippen LogP contribution in [0.5, 0.6) is 0 Å². The van der Waals surface area contributed by atoms with Crippen LogP contribution in [0.25, 0.3) is 0 Å². The fraction of sp³-hybridized carbons (Fsp3) is 0.846. The third-order valence-electron chi connectivity index (χ3n) is 4.10. The molecule has 1 unspecified atom stereocenters. The summed E-state index contributed by atoms with van der Waals surface area (Å²) in [5, 5.41) is 18.4. The number of piperidine rings is 1. The Morgan fingerprint density at radius 2 is 2.00 bits per heavy atom. The summed E-state index contributed by atoms with van der Waals surface area (Å²) < 4.78 is 0. The highest BCUT2D eigenvalue weighted by atomic mass is 16.4. The lowest BCUT2D eigenvalue weighted by Gasteiger charge is -2.39. The highest BCUT2D eigenvalue weighted by Crippen LogP contribution is 2.28. The maximum Gasteiger partial charge on any atom is 0.326 e. The lowest BCUT2D eigenvalue weighted by Crippen LogP contribution is -2.53. The van der Waals surface area contributed by atoms with Crippen molar-refractivity contribution in [2.24, 2.45) is 5.92 Å². The van der Waals surface area contributed by atoms with E-state index in [-0.39, 0.29) is 12.1 Å². The lowest BCUT2D eigenvalue weighted by molar-refractivity contribution is -0.143. The van der Waals surface area contributed by atoms with Crippen molar-refractivity contribution in [1.29, 1.82) is 0 Å². The quantitative estimate of drug-likeness (QED) is 0.793. The zero-order valence-electron chi connectivity index (χ0n) is 11.3. The number of carboxylic acids is 1. The van der Waals surface area contributed by atoms with Crippen molar-refractivity contribution in [2.45, 2.75) is 44.2 Å². The summed E-state index contributed by atoms with van der Waals surface area (Å²) in [4.78, 5) is 26.5. The Bertz CT molecular complexity index is 355. The maximum atomic E-state index is 12.3. The highest BCUT2D eigenvalue weighted by molar-refractivity contribution is 5.82. The molecule has 1 saturated heterocycles. The van der Waals surface area contributed by atoms with Gasteiger partial charge >= 0.3 is 12.0 Å². The Hall–Kier alpha value is -1.30. The first-order valence-corrected chi connectivity index (χ1v) is 6.91. The van der Waals surface area contributed by atoms with Crippen LogP contribution in [0, 0.1) is 5.92 Å². The number of carboxylic acid groups (broad SMARTS) is 1. The fourth-order valence-corrected chi connectivity index (χ4v) is 2.95. The van der Waals surface area contributed by atoms with Crippen LogP contribution in [0.3, 0.4) is 0 Å². The van der Waals surface area contributed by atoms with E-state index in [0.29, 0.717) is 25.4 Å². The Labute approximate surface area is 113 Å². The van der Waals surface area contributed by atoms with Gasteiger partial charge in [0.2, 0.25) is 0 Å². The topological polar surface area (TPSA) is 81.1 Å². The summed E-state index contributed by atoms with van der Waals surface area (Å²) in [5.41, 5.74) is 0. The molecule has 1 saturated carbocycles. The average molecular weight is 270 g/mol. The second kappa shape index (κ2) is 5.77. The molecule has 1 aliphatic heterocycles. The van der Waals surface area contributed by atoms with Gasteiger partial charge in [0.05, 0.1) is 6.10 Å². The highest BCUT2D eigenvalue weighted by Gasteiger charge is 2.35. The molecule has 0 radical (unpaired) electrons. The van der Waals surface area contributed by atoms with Crippen LogP contribution >= 0.6 is 0 Å². The first-order valence-electron chi connectivity index (χ1n) is 6.91. The van der Waals surface area contributed by atoms with E-state index < -0.39 is 12.0 Å². The minimum absolute atomic E-state index is 0.200. The Balaban J connectivity index is 1.90. The van der Waals surface area contributed by atoms with Crippen LogP contribution in [-0.4, -0.2) is 64.3 Å². The molecule has 1 aliphatic carbocycles. The molecule has 2 aliphatic rings. The smallest absolute Gasteiger partial charge is 0.326 e. The molecule has 0 aromatic rings. The number of hydrogen-bond acceptors (Lipinski definition) is 3. The summed E-state index contributed by atoms with van der Waals surface area (Å²) in [6.45, 7) is 1.12. The minimum Gasteiger partial charge on any atom is -0.480 e. The van der Waals surface area contributed by atoms with Crippen molar-refractivity contribution in [1.82, 2.24) is 9.80 Å². The van der Waals surface area contributed by atoms with Gasteiger partial charge in [-0.3, -0.25) is 0 Å². The number of urea groups is 1. The van der Waals surface area contributed by atoms with Gasteiger partial charge < -0.3 is 20.0 Å². The van der Waals surface area contributed by atoms with Gasteiger partial charge in [0.25, 0.3) is 0 Å². The average Bonchev–Trinajstić information content (AvgIpc) is 2.35. The molecule has 0 aromatic heterocycles. The van der Waals surface area contributed by atoms with Crippen molar-refractivity contribution in [3.05, 3.63) is 0 Å². The third kappa shape index (κ3) is 3.18. The summed E-state index contributed by atoms with van der Waals surface area (Å²) >= 11 is 0. The van der Waals surface area contributed by atoms with Crippen molar-refractivity contribution < 1.29 is 19.8 Å². The largest absolute Gasteiger partial charge is 0.480 e. The number of likely N-dealkylation sites (tertiary alicyclic amines) is 1. The van der Waals surface area contributed by atoms with E-state index in [1.807, 2.05) is 0 Å². The van der Waals surface area contributed by atoms with E-state index in [1.165, 1.54) is 4.90 Å². The van der Waals surface area contributed by atoms with E-state index in [1.54, 1.807) is 11.9 Å². The number of rotatable bonds is 3. The number of aliphatic hydroxyl groups excluding tert-OH is 1. The second-order valence-corrected chi connectivity index (χ2v) is 5.70. The van der Waals surface area contributed by atoms with Crippen LogP contribution in [0.4, 0.5) is 4.79 Å². The number of carbonyl (C=O) groups excluding carboxylic acids is 1. The molecular formula is C13H22N2O4. The van der Waals surface area contributed by atoms with Crippen LogP contribution in [0.1, 0.15) is 32.1 Å². The van der Waals surface area contributed by atoms with Crippen molar-refractivity contribution in [3.8, 4) is 0 Å². The van der Waals surface area contributed by atoms with Gasteiger partial charge in [0.1, 0.15) is 6.04 Å². The number of nitrogens with zero attached hydrogens (tertiary/aromatic N) is 2. The molecule has 2 rings (SSSR count). The first-order chi connectivity index (χ1) is 8.99. The van der Waals surface area contributed by atoms with Crippen molar-refractivity contribution in [3.63, 3.8) is 0 Å². The minimum atomic E-state index is -0.916. The monoisotopic (exact) mass is 270 g/mol. The number of hydrogen-bond donors (Lipinski definition) is 2. The van der Waals surface area contributed by atoms with Crippen LogP contribution < -0.4 is 0 Å². The normalized spacial score (nSPS) is 30.6. The summed E-state index contributed by atoms with van der Waals surface area (Å²) in [6, 6.07) is -0.885. The van der Waals surface area contributed by atoms with E-state index in [2.05, 4.69) is 0 Å². The van der Waals surface area contributed by atoms with Crippen molar-refractivity contribution in [2.75, 3.05) is 20.1 Å². The molecule has 2 fully saturated rings. The van der Waals surface area contributed by atoms with E-state index in [4.69, 9.17) is 5.11 Å². The second-order valence-electron chi connectivity index (χ2n) is 5.70. The zero-order valence-corrected chi connectivity index (χ0v) is 11.3. The van der Waals surface area contributed by atoms with Gasteiger partial charge in [-0.15, -0.1) is 0 Å². The number of carbonyl (C=O) groups is 2. The summed E-state index contributed by atoms with van der Waals surface area (Å²) in [6.07, 6.45) is 3.51. The summed E-state index contributed by atoms with van der Waals surface area (Å²) in [5.74, 6) is -0.572. The molecule has 6 heteroatoms. The summed E-state index contributed by atoms with van der Waals surface area (Å²) in [7, 11) is 1.71. The molecule has 6 nitrogen and oxygen atoms in total. The molecular weight excluding hydrogens is 248 g/mol. The lowest BCUT2D eigenvalue weighted by atomic mass is 9.82. The molecule has 2 amide bonds. The van der Waals surface area contributed by atoms with Gasteiger partial charge in [-0.1, -0.05) is 0 Å². The van der Waals surface area contributed by atoms with Crippen LogP contribution in [0.2, 0.25) is 0 Å². The first kappa shape index (κ1) is 14.1. The molecule has 0 spiro atoms. The number of aliphatic carboxylic acids is 1. The SMILES string of the molecule is CN(CC1CC(O)C1)C(=O)N1CCCCC1C(=O)O. The molecule has 2 N–H and O–H groups in total. The third-order valence-corrected chi connectivity index (χ3v) is 4.10. The van der Waals surface area contributed by atoms with Gasteiger partial charge in [0.15, 0.2) is 0 Å². The predicted molar refractivity (Wildman–Crippen MR) is 68.7 cm³/mol. The number of amides is 2. The van der Waals surface area contributed by atoms with Gasteiger partial charge in [-0.2, -0.15) is 0 Å². The molecule has 108 valence electrons. The van der Waals surface area contributed by atoms with Gasteiger partial charge in [-0.05, 0) is 38.0 Å². The molecule has 0 aromatic carbocycles. The predicted octanol–water partition coefficient (Wildman–Crippen LogP) is 0.748. The standard InChI is InChI=1S/C13H22N2O4/c1-14(8-9-6-10(16)7-9)13(19)15-5-3-2-4-11(15)12(17)18/h9-11,16H,2-8H2,1H3,(H,17,18). The van der Waals surface area contributed by atoms with E-state index in [0.717, 1.165) is 25.7 Å².